The van der Waals surface area contributed by atoms with Crippen LogP contribution in [0.25, 0.3) is 0 Å². The number of unbranched alkanes of at least 4 members (excludes halogenated alkanes) is 2. The largest absolute Gasteiger partial charge is 0.389 e. The van der Waals surface area contributed by atoms with Crippen molar-refractivity contribution in [1.29, 1.82) is 0 Å². The van der Waals surface area contributed by atoms with Gasteiger partial charge in [-0.15, -0.1) is 0 Å². The van der Waals surface area contributed by atoms with Gasteiger partial charge >= 0.3 is 0 Å². The molecule has 2 N–H and O–H groups in total. The molecule has 1 aromatic rings. The summed E-state index contributed by atoms with van der Waals surface area (Å²) in [4.78, 5) is 6.38. The van der Waals surface area contributed by atoms with Gasteiger partial charge in [0.1, 0.15) is 5.00 Å². The molecular formula is C9H17N3S. The topological polar surface area (TPSA) is 42.2 Å². The van der Waals surface area contributed by atoms with E-state index in [1.54, 1.807) is 17.5 Å². The molecule has 1 rings (SSSR count). The van der Waals surface area contributed by atoms with Crippen molar-refractivity contribution in [3.05, 3.63) is 6.20 Å². The van der Waals surface area contributed by atoms with E-state index in [1.165, 1.54) is 19.3 Å². The minimum Gasteiger partial charge on any atom is -0.389 e. The summed E-state index contributed by atoms with van der Waals surface area (Å²) in [5.74, 6) is 0. The van der Waals surface area contributed by atoms with Crippen molar-refractivity contribution in [2.45, 2.75) is 26.2 Å². The quantitative estimate of drug-likeness (QED) is 0.740. The van der Waals surface area contributed by atoms with E-state index < -0.39 is 0 Å². The van der Waals surface area contributed by atoms with Crippen molar-refractivity contribution < 1.29 is 0 Å². The average Bonchev–Trinajstić information content (AvgIpc) is 2.52. The number of aromatic nitrogens is 1. The van der Waals surface area contributed by atoms with Gasteiger partial charge in [-0.25, -0.2) is 4.98 Å². The number of nitrogens with zero attached hydrogens (tertiary/aromatic N) is 2. The Morgan fingerprint density at radius 2 is 2.31 bits per heavy atom. The maximum Gasteiger partial charge on any atom is 0.186 e. The van der Waals surface area contributed by atoms with Gasteiger partial charge in [0, 0.05) is 13.6 Å². The number of nitrogens with two attached hydrogens (primary N) is 1. The van der Waals surface area contributed by atoms with Crippen LogP contribution in [0, 0.1) is 0 Å². The number of rotatable bonds is 5. The van der Waals surface area contributed by atoms with E-state index in [0.717, 1.165) is 16.7 Å². The Balaban J connectivity index is 2.35. The maximum atomic E-state index is 5.60. The van der Waals surface area contributed by atoms with E-state index in [4.69, 9.17) is 5.73 Å². The first kappa shape index (κ1) is 10.3. The normalized spacial score (nSPS) is 10.3. The van der Waals surface area contributed by atoms with Crippen LogP contribution < -0.4 is 10.6 Å². The molecule has 0 aliphatic rings. The van der Waals surface area contributed by atoms with Gasteiger partial charge in [0.15, 0.2) is 5.13 Å². The van der Waals surface area contributed by atoms with Crippen molar-refractivity contribution in [2.24, 2.45) is 0 Å². The first-order valence-corrected chi connectivity index (χ1v) is 5.48. The SMILES string of the molecule is CCCCCN(C)c1ncc(N)s1. The minimum absolute atomic E-state index is 0.789. The third-order valence-corrected chi connectivity index (χ3v) is 2.88. The van der Waals surface area contributed by atoms with Gasteiger partial charge in [-0.2, -0.15) is 0 Å². The van der Waals surface area contributed by atoms with Crippen LogP contribution in [0.5, 0.6) is 0 Å². The zero-order chi connectivity index (χ0) is 9.68. The molecule has 0 unspecified atom stereocenters. The monoisotopic (exact) mass is 199 g/mol. The van der Waals surface area contributed by atoms with Gasteiger partial charge in [-0.3, -0.25) is 0 Å². The van der Waals surface area contributed by atoms with Crippen molar-refractivity contribution in [3.8, 4) is 0 Å². The Hall–Kier alpha value is -0.770. The predicted molar refractivity (Wildman–Crippen MR) is 59.3 cm³/mol. The molecule has 0 aromatic carbocycles. The molecule has 1 heterocycles. The Morgan fingerprint density at radius 1 is 1.54 bits per heavy atom. The molecule has 3 nitrogen and oxygen atoms in total. The van der Waals surface area contributed by atoms with Crippen LogP contribution in [-0.2, 0) is 0 Å². The Kier molecular flexibility index (Phi) is 4.02. The van der Waals surface area contributed by atoms with Crippen molar-refractivity contribution >= 4 is 21.5 Å². The highest BCUT2D eigenvalue weighted by molar-refractivity contribution is 7.19. The smallest absolute Gasteiger partial charge is 0.186 e. The van der Waals surface area contributed by atoms with Crippen molar-refractivity contribution in [2.75, 3.05) is 24.2 Å². The molecule has 13 heavy (non-hydrogen) atoms. The van der Waals surface area contributed by atoms with Crippen molar-refractivity contribution in [3.63, 3.8) is 0 Å². The molecule has 0 amide bonds. The summed E-state index contributed by atoms with van der Waals surface area (Å²) in [5.41, 5.74) is 5.60. The van der Waals surface area contributed by atoms with Crippen LogP contribution in [0.15, 0.2) is 6.20 Å². The summed E-state index contributed by atoms with van der Waals surface area (Å²) in [5, 5.41) is 1.81. The van der Waals surface area contributed by atoms with Gasteiger partial charge in [-0.05, 0) is 6.42 Å². The van der Waals surface area contributed by atoms with E-state index in [0.29, 0.717) is 0 Å². The Bertz CT molecular complexity index is 247. The summed E-state index contributed by atoms with van der Waals surface area (Å²) in [7, 11) is 2.06. The second-order valence-electron chi connectivity index (χ2n) is 3.17. The summed E-state index contributed by atoms with van der Waals surface area (Å²) >= 11 is 1.55. The average molecular weight is 199 g/mol. The lowest BCUT2D eigenvalue weighted by Crippen LogP contribution is -2.17. The minimum atomic E-state index is 0.789. The highest BCUT2D eigenvalue weighted by Crippen LogP contribution is 2.22. The fourth-order valence-corrected chi connectivity index (χ4v) is 1.82. The number of thiazole rings is 1. The first-order valence-electron chi connectivity index (χ1n) is 4.66. The lowest BCUT2D eigenvalue weighted by Gasteiger charge is -2.14. The molecule has 1 aromatic heterocycles. The molecule has 0 spiro atoms. The summed E-state index contributed by atoms with van der Waals surface area (Å²) in [6.07, 6.45) is 5.49. The standard InChI is InChI=1S/C9H17N3S/c1-3-4-5-6-12(2)9-11-7-8(10)13-9/h7H,3-6,10H2,1-2H3. The fraction of sp³-hybridized carbons (Fsp3) is 0.667. The van der Waals surface area contributed by atoms with Gasteiger partial charge in [0.2, 0.25) is 0 Å². The van der Waals surface area contributed by atoms with Crippen molar-refractivity contribution in [1.82, 2.24) is 4.98 Å². The van der Waals surface area contributed by atoms with Gasteiger partial charge in [0.25, 0.3) is 0 Å². The second-order valence-corrected chi connectivity index (χ2v) is 4.21. The molecule has 0 saturated carbocycles. The molecule has 0 aliphatic heterocycles. The maximum absolute atomic E-state index is 5.60. The number of hydrogen-bond acceptors (Lipinski definition) is 4. The summed E-state index contributed by atoms with van der Waals surface area (Å²) in [6, 6.07) is 0. The van der Waals surface area contributed by atoms with Gasteiger partial charge < -0.3 is 10.6 Å². The molecule has 0 fully saturated rings. The Morgan fingerprint density at radius 3 is 2.85 bits per heavy atom. The summed E-state index contributed by atoms with van der Waals surface area (Å²) < 4.78 is 0. The van der Waals surface area contributed by atoms with Crippen LogP contribution in [-0.4, -0.2) is 18.6 Å². The van der Waals surface area contributed by atoms with E-state index in [2.05, 4.69) is 23.9 Å². The van der Waals surface area contributed by atoms with Crippen LogP contribution in [0.3, 0.4) is 0 Å². The molecule has 0 aliphatic carbocycles. The molecule has 74 valence electrons. The molecule has 0 radical (unpaired) electrons. The first-order chi connectivity index (χ1) is 6.24. The molecule has 4 heteroatoms. The second kappa shape index (κ2) is 5.07. The van der Waals surface area contributed by atoms with Crippen LogP contribution in [0.1, 0.15) is 26.2 Å². The zero-order valence-corrected chi connectivity index (χ0v) is 9.10. The predicted octanol–water partition coefficient (Wildman–Crippen LogP) is 2.35. The lowest BCUT2D eigenvalue weighted by atomic mass is 10.2. The number of nitrogen functional groups attached to an aromatic ring is 1. The van der Waals surface area contributed by atoms with Crippen LogP contribution >= 0.6 is 11.3 Å². The molecule has 0 saturated heterocycles. The van der Waals surface area contributed by atoms with E-state index >= 15 is 0 Å². The third kappa shape index (κ3) is 3.22. The highest BCUT2D eigenvalue weighted by Gasteiger charge is 2.03. The van der Waals surface area contributed by atoms with Gasteiger partial charge in [0.05, 0.1) is 6.20 Å². The van der Waals surface area contributed by atoms with Crippen LogP contribution in [0.2, 0.25) is 0 Å². The zero-order valence-electron chi connectivity index (χ0n) is 8.29. The highest BCUT2D eigenvalue weighted by atomic mass is 32.1. The molecular weight excluding hydrogens is 182 g/mol. The van der Waals surface area contributed by atoms with E-state index in [9.17, 15) is 0 Å². The van der Waals surface area contributed by atoms with Crippen LogP contribution in [0.4, 0.5) is 10.1 Å². The Labute approximate surface area is 83.6 Å². The van der Waals surface area contributed by atoms with Gasteiger partial charge in [-0.1, -0.05) is 31.1 Å². The number of anilines is 2. The lowest BCUT2D eigenvalue weighted by molar-refractivity contribution is 0.704. The van der Waals surface area contributed by atoms with E-state index in [1.807, 2.05) is 0 Å². The molecule has 0 bridgehead atoms. The molecule has 0 atom stereocenters. The summed E-state index contributed by atoms with van der Waals surface area (Å²) in [6.45, 7) is 3.28. The third-order valence-electron chi connectivity index (χ3n) is 1.93. The number of hydrogen-bond donors (Lipinski definition) is 1. The van der Waals surface area contributed by atoms with E-state index in [-0.39, 0.29) is 0 Å². The fourth-order valence-electron chi connectivity index (χ4n) is 1.15.